The Balaban J connectivity index is 2.27. The number of aromatic amines is 1. The van der Waals surface area contributed by atoms with Gasteiger partial charge in [0.1, 0.15) is 5.56 Å². The first-order chi connectivity index (χ1) is 7.50. The zero-order chi connectivity index (χ0) is 11.8. The number of carboxylic acids is 1. The van der Waals surface area contributed by atoms with Crippen LogP contribution in [0.3, 0.4) is 0 Å². The molecule has 1 aliphatic rings. The molecule has 1 aliphatic heterocycles. The minimum absolute atomic E-state index is 0.287. The number of hydrogen-bond acceptors (Lipinski definition) is 5. The predicted molar refractivity (Wildman–Crippen MR) is 50.5 cm³/mol. The van der Waals surface area contributed by atoms with Gasteiger partial charge in [0.25, 0.3) is 10.0 Å². The second kappa shape index (κ2) is 3.85. The quantitative estimate of drug-likeness (QED) is 0.613. The lowest BCUT2D eigenvalue weighted by Gasteiger charge is -2.26. The van der Waals surface area contributed by atoms with Gasteiger partial charge in [-0.3, -0.25) is 5.10 Å². The number of hydrogen-bond donors (Lipinski definition) is 3. The number of nitrogens with one attached hydrogen (secondary N) is 2. The average Bonchev–Trinajstić information content (AvgIpc) is 2.60. The van der Waals surface area contributed by atoms with Crippen molar-refractivity contribution in [3.63, 3.8) is 0 Å². The number of H-pyrrole nitrogens is 1. The highest BCUT2D eigenvalue weighted by atomic mass is 32.2. The molecule has 3 N–H and O–H groups in total. The Bertz CT molecular complexity index is 504. The molecule has 1 saturated heterocycles. The van der Waals surface area contributed by atoms with Gasteiger partial charge in [-0.2, -0.15) is 5.10 Å². The highest BCUT2D eigenvalue weighted by Gasteiger charge is 2.30. The Hall–Kier alpha value is -1.45. The lowest BCUT2D eigenvalue weighted by molar-refractivity contribution is 0.00479. The first-order valence-corrected chi connectivity index (χ1v) is 5.86. The van der Waals surface area contributed by atoms with E-state index in [1.54, 1.807) is 0 Å². The predicted octanol–water partition coefficient (Wildman–Crippen LogP) is -1.22. The van der Waals surface area contributed by atoms with Crippen LogP contribution in [0.4, 0.5) is 0 Å². The Morgan fingerprint density at radius 2 is 2.31 bits per heavy atom. The third-order valence-corrected chi connectivity index (χ3v) is 3.56. The van der Waals surface area contributed by atoms with Gasteiger partial charge >= 0.3 is 5.97 Å². The summed E-state index contributed by atoms with van der Waals surface area (Å²) in [6, 6.07) is -0.310. The van der Waals surface area contributed by atoms with E-state index in [0.29, 0.717) is 0 Å². The topological polar surface area (TPSA) is 121 Å². The van der Waals surface area contributed by atoms with Gasteiger partial charge in [-0.05, 0) is 0 Å². The van der Waals surface area contributed by atoms with Crippen LogP contribution in [0.5, 0.6) is 0 Å². The summed E-state index contributed by atoms with van der Waals surface area (Å²) in [4.78, 5) is 10.7. The maximum Gasteiger partial charge on any atom is 0.340 e. The average molecular weight is 247 g/mol. The van der Waals surface area contributed by atoms with Crippen LogP contribution in [0.25, 0.3) is 0 Å². The van der Waals surface area contributed by atoms with Gasteiger partial charge in [0.05, 0.1) is 25.5 Å². The molecule has 1 fully saturated rings. The van der Waals surface area contributed by atoms with E-state index in [1.165, 1.54) is 0 Å². The Kier molecular flexibility index (Phi) is 2.66. The van der Waals surface area contributed by atoms with Crippen molar-refractivity contribution in [2.75, 3.05) is 13.2 Å². The molecule has 88 valence electrons. The van der Waals surface area contributed by atoms with Crippen molar-refractivity contribution in [1.29, 1.82) is 0 Å². The zero-order valence-corrected chi connectivity index (χ0v) is 8.82. The molecule has 0 aliphatic carbocycles. The van der Waals surface area contributed by atoms with Crippen molar-refractivity contribution < 1.29 is 23.1 Å². The largest absolute Gasteiger partial charge is 0.478 e. The van der Waals surface area contributed by atoms with Crippen molar-refractivity contribution in [3.05, 3.63) is 11.8 Å². The van der Waals surface area contributed by atoms with Crippen LogP contribution in [0.2, 0.25) is 0 Å². The summed E-state index contributed by atoms with van der Waals surface area (Å²) in [6.07, 6.45) is 0.953. The molecule has 0 unspecified atom stereocenters. The van der Waals surface area contributed by atoms with E-state index >= 15 is 0 Å². The standard InChI is InChI=1S/C7H9N3O5S/c11-7(12)5-1-8-9-6(5)16(13,14)10-4-2-15-3-4/h1,4,10H,2-3H2,(H,8,9)(H,11,12). The van der Waals surface area contributed by atoms with Crippen molar-refractivity contribution in [2.24, 2.45) is 0 Å². The van der Waals surface area contributed by atoms with Crippen molar-refractivity contribution in [3.8, 4) is 0 Å². The molecule has 2 heterocycles. The van der Waals surface area contributed by atoms with Gasteiger partial charge < -0.3 is 9.84 Å². The van der Waals surface area contributed by atoms with E-state index in [4.69, 9.17) is 9.84 Å². The summed E-state index contributed by atoms with van der Waals surface area (Å²) >= 11 is 0. The smallest absolute Gasteiger partial charge is 0.340 e. The van der Waals surface area contributed by atoms with Crippen LogP contribution in [-0.2, 0) is 14.8 Å². The highest BCUT2D eigenvalue weighted by Crippen LogP contribution is 2.13. The van der Waals surface area contributed by atoms with E-state index in [1.807, 2.05) is 0 Å². The number of sulfonamides is 1. The van der Waals surface area contributed by atoms with E-state index in [-0.39, 0.29) is 24.8 Å². The summed E-state index contributed by atoms with van der Waals surface area (Å²) in [5.41, 5.74) is -0.382. The van der Waals surface area contributed by atoms with E-state index in [0.717, 1.165) is 6.20 Å². The van der Waals surface area contributed by atoms with Crippen LogP contribution < -0.4 is 4.72 Å². The lowest BCUT2D eigenvalue weighted by atomic mass is 10.3. The Morgan fingerprint density at radius 3 is 2.81 bits per heavy atom. The normalized spacial score (nSPS) is 17.0. The van der Waals surface area contributed by atoms with E-state index in [2.05, 4.69) is 14.9 Å². The summed E-state index contributed by atoms with van der Waals surface area (Å²) in [7, 11) is -3.88. The monoisotopic (exact) mass is 247 g/mol. The fraction of sp³-hybridized carbons (Fsp3) is 0.429. The summed E-state index contributed by atoms with van der Waals surface area (Å²) in [5.74, 6) is -1.35. The number of carbonyl (C=O) groups is 1. The Morgan fingerprint density at radius 1 is 1.62 bits per heavy atom. The van der Waals surface area contributed by atoms with Crippen LogP contribution in [0, 0.1) is 0 Å². The molecule has 0 radical (unpaired) electrons. The first-order valence-electron chi connectivity index (χ1n) is 4.37. The lowest BCUT2D eigenvalue weighted by Crippen LogP contribution is -2.48. The molecule has 0 saturated carbocycles. The van der Waals surface area contributed by atoms with Crippen molar-refractivity contribution >= 4 is 16.0 Å². The molecule has 0 aromatic carbocycles. The molecule has 8 nitrogen and oxygen atoms in total. The van der Waals surface area contributed by atoms with Gasteiger partial charge in [0, 0.05) is 0 Å². The molecule has 16 heavy (non-hydrogen) atoms. The van der Waals surface area contributed by atoms with Crippen LogP contribution >= 0.6 is 0 Å². The van der Waals surface area contributed by atoms with Gasteiger partial charge in [0.2, 0.25) is 0 Å². The molecule has 2 rings (SSSR count). The molecule has 0 bridgehead atoms. The summed E-state index contributed by atoms with van der Waals surface area (Å²) in [6.45, 7) is 0.575. The number of aromatic carboxylic acids is 1. The zero-order valence-electron chi connectivity index (χ0n) is 8.00. The molecule has 1 aromatic rings. The van der Waals surface area contributed by atoms with Crippen molar-refractivity contribution in [2.45, 2.75) is 11.1 Å². The van der Waals surface area contributed by atoms with Crippen LogP contribution in [0.1, 0.15) is 10.4 Å². The number of aromatic nitrogens is 2. The third kappa shape index (κ3) is 1.92. The number of ether oxygens (including phenoxy) is 1. The van der Waals surface area contributed by atoms with E-state index < -0.39 is 21.0 Å². The van der Waals surface area contributed by atoms with Gasteiger partial charge in [-0.25, -0.2) is 17.9 Å². The second-order valence-electron chi connectivity index (χ2n) is 3.27. The minimum Gasteiger partial charge on any atom is -0.478 e. The molecule has 9 heteroatoms. The molecule has 0 spiro atoms. The highest BCUT2D eigenvalue weighted by molar-refractivity contribution is 7.89. The second-order valence-corrected chi connectivity index (χ2v) is 4.92. The van der Waals surface area contributed by atoms with Gasteiger partial charge in [-0.1, -0.05) is 0 Å². The number of nitrogens with zero attached hydrogens (tertiary/aromatic N) is 1. The maximum absolute atomic E-state index is 11.7. The first kappa shape index (κ1) is 11.0. The SMILES string of the molecule is O=C(O)c1cn[nH]c1S(=O)(=O)NC1COC1. The van der Waals surface area contributed by atoms with Gasteiger partial charge in [0.15, 0.2) is 5.03 Å². The fourth-order valence-corrected chi connectivity index (χ4v) is 2.51. The van der Waals surface area contributed by atoms with Crippen LogP contribution in [-0.4, -0.2) is 48.9 Å². The summed E-state index contributed by atoms with van der Waals surface area (Å²) in [5, 5.41) is 13.9. The van der Waals surface area contributed by atoms with Crippen LogP contribution in [0.15, 0.2) is 11.2 Å². The molecule has 0 atom stereocenters. The van der Waals surface area contributed by atoms with Crippen molar-refractivity contribution in [1.82, 2.24) is 14.9 Å². The molecule has 1 aromatic heterocycles. The third-order valence-electron chi connectivity index (χ3n) is 2.06. The molecule has 0 amide bonds. The van der Waals surface area contributed by atoms with Gasteiger partial charge in [-0.15, -0.1) is 0 Å². The molecular formula is C7H9N3O5S. The number of carboxylic acid groups (broad SMARTS) is 1. The Labute approximate surface area is 90.7 Å². The minimum atomic E-state index is -3.88. The number of rotatable bonds is 4. The van der Waals surface area contributed by atoms with E-state index in [9.17, 15) is 13.2 Å². The summed E-state index contributed by atoms with van der Waals surface area (Å²) < 4.78 is 30.6. The fourth-order valence-electron chi connectivity index (χ4n) is 1.21. The maximum atomic E-state index is 11.7. The molecular weight excluding hydrogens is 238 g/mol.